The van der Waals surface area contributed by atoms with Gasteiger partial charge in [0.15, 0.2) is 0 Å². The molecule has 2 rings (SSSR count). The molecule has 0 amide bonds. The van der Waals surface area contributed by atoms with E-state index in [0.717, 1.165) is 12.0 Å². The minimum absolute atomic E-state index is 0.562. The third-order valence-corrected chi connectivity index (χ3v) is 3.84. The van der Waals surface area contributed by atoms with Crippen LogP contribution in [-0.4, -0.2) is 25.7 Å². The minimum atomic E-state index is 0.562. The van der Waals surface area contributed by atoms with Gasteiger partial charge in [-0.2, -0.15) is 0 Å². The molecule has 2 fully saturated rings. The summed E-state index contributed by atoms with van der Waals surface area (Å²) in [6.45, 7) is 8.42. The summed E-state index contributed by atoms with van der Waals surface area (Å²) in [5.74, 6) is 0.886. The van der Waals surface area contributed by atoms with Gasteiger partial charge in [0.2, 0.25) is 0 Å². The zero-order chi connectivity index (χ0) is 9.31. The topological polar surface area (TPSA) is 24.1 Å². The first-order valence-electron chi connectivity index (χ1n) is 5.62. The number of hydrogen-bond acceptors (Lipinski definition) is 2. The van der Waals surface area contributed by atoms with E-state index in [1.54, 1.807) is 0 Å². The predicted octanol–water partition coefficient (Wildman–Crippen LogP) is 1.37. The van der Waals surface area contributed by atoms with Crippen molar-refractivity contribution in [3.05, 3.63) is 0 Å². The van der Waals surface area contributed by atoms with Crippen molar-refractivity contribution in [2.75, 3.05) is 19.6 Å². The van der Waals surface area contributed by atoms with Crippen LogP contribution in [0.1, 0.15) is 33.1 Å². The molecular weight excluding hydrogens is 160 g/mol. The normalized spacial score (nSPS) is 37.4. The number of rotatable bonds is 3. The van der Waals surface area contributed by atoms with Crippen molar-refractivity contribution < 1.29 is 0 Å². The molecule has 0 aromatic carbocycles. The highest BCUT2D eigenvalue weighted by molar-refractivity contribution is 4.94. The molecule has 1 aliphatic carbocycles. The van der Waals surface area contributed by atoms with Crippen molar-refractivity contribution in [3.8, 4) is 0 Å². The Labute approximate surface area is 81.5 Å². The highest BCUT2D eigenvalue weighted by Crippen LogP contribution is 2.39. The summed E-state index contributed by atoms with van der Waals surface area (Å²) >= 11 is 0. The molecule has 2 N–H and O–H groups in total. The smallest absolute Gasteiger partial charge is 0.0119 e. The molecule has 1 heterocycles. The fraction of sp³-hybridized carbons (Fsp3) is 1.00. The maximum atomic E-state index is 3.71. The molecule has 1 aliphatic heterocycles. The Morgan fingerprint density at radius 2 is 2.23 bits per heavy atom. The number of hydrogen-bond donors (Lipinski definition) is 2. The zero-order valence-electron chi connectivity index (χ0n) is 8.90. The fourth-order valence-electron chi connectivity index (χ4n) is 2.44. The van der Waals surface area contributed by atoms with Crippen LogP contribution in [0.3, 0.4) is 0 Å². The molecule has 0 aromatic rings. The van der Waals surface area contributed by atoms with Gasteiger partial charge in [-0.3, -0.25) is 0 Å². The van der Waals surface area contributed by atoms with E-state index in [2.05, 4.69) is 24.5 Å². The average Bonchev–Trinajstić information content (AvgIpc) is 2.55. The van der Waals surface area contributed by atoms with Crippen LogP contribution in [0.4, 0.5) is 0 Å². The summed E-state index contributed by atoms with van der Waals surface area (Å²) in [7, 11) is 0. The molecule has 1 saturated heterocycles. The van der Waals surface area contributed by atoms with Crippen molar-refractivity contribution in [3.63, 3.8) is 0 Å². The van der Waals surface area contributed by atoms with E-state index in [1.807, 2.05) is 0 Å². The Morgan fingerprint density at radius 3 is 2.69 bits per heavy atom. The summed E-state index contributed by atoms with van der Waals surface area (Å²) in [4.78, 5) is 0. The summed E-state index contributed by atoms with van der Waals surface area (Å²) in [5, 5.41) is 7.12. The molecule has 2 heteroatoms. The Morgan fingerprint density at radius 1 is 1.38 bits per heavy atom. The van der Waals surface area contributed by atoms with Gasteiger partial charge in [0.1, 0.15) is 0 Å². The van der Waals surface area contributed by atoms with Crippen molar-refractivity contribution in [2.24, 2.45) is 11.3 Å². The van der Waals surface area contributed by atoms with Crippen LogP contribution in [0.2, 0.25) is 0 Å². The maximum absolute atomic E-state index is 3.71. The lowest BCUT2D eigenvalue weighted by molar-refractivity contribution is 0.106. The van der Waals surface area contributed by atoms with Gasteiger partial charge in [-0.05, 0) is 50.2 Å². The van der Waals surface area contributed by atoms with Gasteiger partial charge in [0.05, 0.1) is 0 Å². The Hall–Kier alpha value is -0.0800. The second kappa shape index (κ2) is 3.58. The summed E-state index contributed by atoms with van der Waals surface area (Å²) < 4.78 is 0. The van der Waals surface area contributed by atoms with Crippen molar-refractivity contribution >= 4 is 0 Å². The van der Waals surface area contributed by atoms with Gasteiger partial charge < -0.3 is 10.6 Å². The molecule has 2 unspecified atom stereocenters. The first-order valence-corrected chi connectivity index (χ1v) is 5.62. The zero-order valence-corrected chi connectivity index (χ0v) is 8.90. The standard InChI is InChI=1S/C11H22N2/c1-11(2)5-3-10(11)13-8-9-4-6-12-7-9/h9-10,12-13H,3-8H2,1-2H3. The van der Waals surface area contributed by atoms with E-state index in [-0.39, 0.29) is 0 Å². The molecule has 1 saturated carbocycles. The van der Waals surface area contributed by atoms with Gasteiger partial charge in [-0.25, -0.2) is 0 Å². The molecule has 76 valence electrons. The molecule has 2 atom stereocenters. The molecule has 0 radical (unpaired) electrons. The lowest BCUT2D eigenvalue weighted by atomic mass is 9.67. The average molecular weight is 182 g/mol. The Kier molecular flexibility index (Phi) is 2.61. The second-order valence-corrected chi connectivity index (χ2v) is 5.35. The van der Waals surface area contributed by atoms with Crippen LogP contribution in [0.5, 0.6) is 0 Å². The van der Waals surface area contributed by atoms with E-state index < -0.39 is 0 Å². The Balaban J connectivity index is 1.67. The molecule has 0 bridgehead atoms. The molecule has 0 spiro atoms. The third-order valence-electron chi connectivity index (χ3n) is 3.84. The highest BCUT2D eigenvalue weighted by Gasteiger charge is 2.38. The first-order chi connectivity index (χ1) is 6.18. The molecular formula is C11H22N2. The molecule has 0 aromatic heterocycles. The maximum Gasteiger partial charge on any atom is 0.0119 e. The SMILES string of the molecule is CC1(C)CCC1NCC1CCNC1. The van der Waals surface area contributed by atoms with Crippen LogP contribution >= 0.6 is 0 Å². The molecule has 2 nitrogen and oxygen atoms in total. The van der Waals surface area contributed by atoms with Gasteiger partial charge in [0.25, 0.3) is 0 Å². The minimum Gasteiger partial charge on any atom is -0.316 e. The van der Waals surface area contributed by atoms with Crippen molar-refractivity contribution in [1.29, 1.82) is 0 Å². The fourth-order valence-corrected chi connectivity index (χ4v) is 2.44. The van der Waals surface area contributed by atoms with Crippen LogP contribution in [0, 0.1) is 11.3 Å². The highest BCUT2D eigenvalue weighted by atomic mass is 15.0. The van der Waals surface area contributed by atoms with Crippen LogP contribution in [0.25, 0.3) is 0 Å². The van der Waals surface area contributed by atoms with Gasteiger partial charge >= 0.3 is 0 Å². The lowest BCUT2D eigenvalue weighted by Gasteiger charge is -2.45. The lowest BCUT2D eigenvalue weighted by Crippen LogP contribution is -2.51. The summed E-state index contributed by atoms with van der Waals surface area (Å²) in [6, 6.07) is 0.785. The summed E-state index contributed by atoms with van der Waals surface area (Å²) in [5.41, 5.74) is 0.562. The second-order valence-electron chi connectivity index (χ2n) is 5.35. The van der Waals surface area contributed by atoms with Gasteiger partial charge in [-0.1, -0.05) is 13.8 Å². The van der Waals surface area contributed by atoms with E-state index in [0.29, 0.717) is 5.41 Å². The largest absolute Gasteiger partial charge is 0.316 e. The van der Waals surface area contributed by atoms with Crippen molar-refractivity contribution in [1.82, 2.24) is 10.6 Å². The predicted molar refractivity (Wildman–Crippen MR) is 55.8 cm³/mol. The van der Waals surface area contributed by atoms with Crippen LogP contribution in [-0.2, 0) is 0 Å². The third kappa shape index (κ3) is 2.05. The van der Waals surface area contributed by atoms with Gasteiger partial charge in [0, 0.05) is 6.04 Å². The van der Waals surface area contributed by atoms with E-state index >= 15 is 0 Å². The molecule has 13 heavy (non-hydrogen) atoms. The summed E-state index contributed by atoms with van der Waals surface area (Å²) in [6.07, 6.45) is 4.14. The van der Waals surface area contributed by atoms with Crippen LogP contribution < -0.4 is 10.6 Å². The van der Waals surface area contributed by atoms with Gasteiger partial charge in [-0.15, -0.1) is 0 Å². The quantitative estimate of drug-likeness (QED) is 0.689. The van der Waals surface area contributed by atoms with E-state index in [9.17, 15) is 0 Å². The van der Waals surface area contributed by atoms with E-state index in [4.69, 9.17) is 0 Å². The number of nitrogens with one attached hydrogen (secondary N) is 2. The monoisotopic (exact) mass is 182 g/mol. The van der Waals surface area contributed by atoms with E-state index in [1.165, 1.54) is 38.9 Å². The van der Waals surface area contributed by atoms with Crippen molar-refractivity contribution in [2.45, 2.75) is 39.2 Å². The first kappa shape index (κ1) is 9.47. The Bertz CT molecular complexity index is 171. The molecule has 2 aliphatic rings. The van der Waals surface area contributed by atoms with Crippen LogP contribution in [0.15, 0.2) is 0 Å².